The highest BCUT2D eigenvalue weighted by Crippen LogP contribution is 2.49. The van der Waals surface area contributed by atoms with Gasteiger partial charge in [-0.2, -0.15) is 0 Å². The average molecular weight is 359 g/mol. The third-order valence-electron chi connectivity index (χ3n) is 5.78. The van der Waals surface area contributed by atoms with E-state index >= 15 is 0 Å². The first kappa shape index (κ1) is 16.1. The van der Waals surface area contributed by atoms with Crippen molar-refractivity contribution < 1.29 is 0 Å². The lowest BCUT2D eigenvalue weighted by atomic mass is 9.78. The van der Waals surface area contributed by atoms with Gasteiger partial charge in [0.25, 0.3) is 5.56 Å². The Balaban J connectivity index is 1.55. The van der Waals surface area contributed by atoms with Crippen LogP contribution in [0.5, 0.6) is 0 Å². The maximum absolute atomic E-state index is 12.5. The van der Waals surface area contributed by atoms with E-state index in [2.05, 4.69) is 44.6 Å². The molecule has 4 aromatic rings. The van der Waals surface area contributed by atoms with Crippen molar-refractivity contribution in [3.8, 4) is 11.3 Å². The zero-order valence-corrected chi connectivity index (χ0v) is 15.2. The van der Waals surface area contributed by atoms with E-state index in [-0.39, 0.29) is 11.0 Å². The van der Waals surface area contributed by atoms with Crippen LogP contribution in [0.2, 0.25) is 0 Å². The molecule has 3 heterocycles. The normalized spacial score (nSPS) is 18.0. The molecule has 0 aliphatic heterocycles. The summed E-state index contributed by atoms with van der Waals surface area (Å²) in [4.78, 5) is 23.9. The smallest absolute Gasteiger partial charge is 0.292 e. The Morgan fingerprint density at radius 2 is 2.04 bits per heavy atom. The van der Waals surface area contributed by atoms with E-state index in [1.807, 2.05) is 35.4 Å². The van der Waals surface area contributed by atoms with E-state index in [1.165, 1.54) is 5.56 Å². The molecule has 6 nitrogen and oxygen atoms in total. The monoisotopic (exact) mass is 359 g/mol. The number of aromatic amines is 1. The number of imidazole rings is 2. The molecule has 3 aromatic heterocycles. The van der Waals surface area contributed by atoms with Crippen molar-refractivity contribution >= 4 is 5.65 Å². The molecule has 1 aliphatic rings. The second kappa shape index (κ2) is 5.94. The van der Waals surface area contributed by atoms with Crippen molar-refractivity contribution in [2.75, 3.05) is 0 Å². The van der Waals surface area contributed by atoms with Gasteiger partial charge < -0.3 is 9.55 Å². The van der Waals surface area contributed by atoms with Gasteiger partial charge in [-0.3, -0.25) is 9.20 Å². The van der Waals surface area contributed by atoms with Gasteiger partial charge in [0.05, 0.1) is 17.7 Å². The molecule has 27 heavy (non-hydrogen) atoms. The van der Waals surface area contributed by atoms with Crippen LogP contribution in [0.15, 0.2) is 60.2 Å². The summed E-state index contributed by atoms with van der Waals surface area (Å²) in [5.74, 6) is 0. The summed E-state index contributed by atoms with van der Waals surface area (Å²) in [6.07, 6.45) is 12.5. The summed E-state index contributed by atoms with van der Waals surface area (Å²) < 4.78 is 4.09. The third-order valence-corrected chi connectivity index (χ3v) is 5.78. The molecule has 1 aliphatic carbocycles. The van der Waals surface area contributed by atoms with E-state index in [9.17, 15) is 4.79 Å². The number of aryl methyl sites for hydroxylation is 1. The molecule has 1 atom stereocenters. The van der Waals surface area contributed by atoms with Crippen molar-refractivity contribution in [1.82, 2.24) is 23.9 Å². The molecule has 136 valence electrons. The minimum absolute atomic E-state index is 0.141. The fourth-order valence-corrected chi connectivity index (χ4v) is 4.49. The standard InChI is InChI=1S/C21H21N5O/c1-21(8-4-5-11-25-12-9-22-14-25)16-7-3-2-6-15(16)17-18(21)26-13-10-23-19(26)20(27)24-17/h2-3,6-7,9-10,12-14H,4-5,8,11H2,1H3,(H,24,27). The second-order valence-corrected chi connectivity index (χ2v) is 7.43. The lowest BCUT2D eigenvalue weighted by Gasteiger charge is -2.27. The summed E-state index contributed by atoms with van der Waals surface area (Å²) in [7, 11) is 0. The number of fused-ring (bicyclic) bond motifs is 5. The molecule has 0 saturated carbocycles. The summed E-state index contributed by atoms with van der Waals surface area (Å²) in [6.45, 7) is 3.25. The van der Waals surface area contributed by atoms with E-state index < -0.39 is 0 Å². The van der Waals surface area contributed by atoms with Crippen LogP contribution in [0, 0.1) is 0 Å². The highest BCUT2D eigenvalue weighted by Gasteiger charge is 2.41. The molecule has 0 spiro atoms. The quantitative estimate of drug-likeness (QED) is 0.556. The molecule has 0 radical (unpaired) electrons. The Kier molecular flexibility index (Phi) is 3.53. The number of aromatic nitrogens is 5. The minimum atomic E-state index is -0.163. The minimum Gasteiger partial charge on any atom is -0.337 e. The van der Waals surface area contributed by atoms with Crippen LogP contribution < -0.4 is 5.56 Å². The maximum atomic E-state index is 12.5. The van der Waals surface area contributed by atoms with Crippen LogP contribution in [-0.4, -0.2) is 23.9 Å². The van der Waals surface area contributed by atoms with E-state index in [1.54, 1.807) is 6.20 Å². The molecular weight excluding hydrogens is 338 g/mol. The summed E-state index contributed by atoms with van der Waals surface area (Å²) in [5.41, 5.74) is 4.63. The average Bonchev–Trinajstić information content (AvgIpc) is 3.40. The SMILES string of the molecule is CC1(CCCCn2ccnc2)c2ccccc2-c2[nH]c(=O)c3nccn3c21. The molecular formula is C21H21N5O. The predicted octanol–water partition coefficient (Wildman–Crippen LogP) is 3.38. The number of nitrogens with zero attached hydrogens (tertiary/aromatic N) is 4. The Morgan fingerprint density at radius 1 is 1.15 bits per heavy atom. The maximum Gasteiger partial charge on any atom is 0.292 e. The fourth-order valence-electron chi connectivity index (χ4n) is 4.49. The number of rotatable bonds is 5. The van der Waals surface area contributed by atoms with Crippen molar-refractivity contribution in [2.24, 2.45) is 0 Å². The van der Waals surface area contributed by atoms with Gasteiger partial charge in [0.2, 0.25) is 5.65 Å². The fraction of sp³-hybridized carbons (Fsp3) is 0.286. The second-order valence-electron chi connectivity index (χ2n) is 7.43. The molecule has 0 amide bonds. The number of nitrogens with one attached hydrogen (secondary N) is 1. The lowest BCUT2D eigenvalue weighted by molar-refractivity contribution is 0.463. The van der Waals surface area contributed by atoms with Crippen LogP contribution in [0.1, 0.15) is 37.4 Å². The first-order valence-electron chi connectivity index (χ1n) is 9.34. The first-order valence-corrected chi connectivity index (χ1v) is 9.34. The van der Waals surface area contributed by atoms with Gasteiger partial charge in [-0.25, -0.2) is 9.97 Å². The van der Waals surface area contributed by atoms with Crippen LogP contribution in [0.25, 0.3) is 16.9 Å². The molecule has 1 N–H and O–H groups in total. The van der Waals surface area contributed by atoms with Crippen molar-refractivity contribution in [3.63, 3.8) is 0 Å². The van der Waals surface area contributed by atoms with Crippen molar-refractivity contribution in [1.29, 1.82) is 0 Å². The van der Waals surface area contributed by atoms with Gasteiger partial charge in [0.15, 0.2) is 0 Å². The highest BCUT2D eigenvalue weighted by molar-refractivity contribution is 5.77. The Bertz CT molecular complexity index is 1170. The lowest BCUT2D eigenvalue weighted by Crippen LogP contribution is -2.26. The topological polar surface area (TPSA) is 68.0 Å². The highest BCUT2D eigenvalue weighted by atomic mass is 16.1. The molecule has 0 bridgehead atoms. The Hall–Kier alpha value is -3.15. The number of H-pyrrole nitrogens is 1. The Labute approximate surface area is 156 Å². The number of hydrogen-bond donors (Lipinski definition) is 1. The molecule has 1 aromatic carbocycles. The molecule has 6 heteroatoms. The van der Waals surface area contributed by atoms with Crippen LogP contribution >= 0.6 is 0 Å². The van der Waals surface area contributed by atoms with Crippen LogP contribution in [0.3, 0.4) is 0 Å². The van der Waals surface area contributed by atoms with Gasteiger partial charge >= 0.3 is 0 Å². The third kappa shape index (κ3) is 2.36. The van der Waals surface area contributed by atoms with Gasteiger partial charge in [-0.05, 0) is 25.3 Å². The van der Waals surface area contributed by atoms with Gasteiger partial charge in [0, 0.05) is 42.3 Å². The van der Waals surface area contributed by atoms with Gasteiger partial charge in [0.1, 0.15) is 0 Å². The van der Waals surface area contributed by atoms with Gasteiger partial charge in [-0.1, -0.05) is 30.7 Å². The van der Waals surface area contributed by atoms with E-state index in [0.29, 0.717) is 5.65 Å². The van der Waals surface area contributed by atoms with Gasteiger partial charge in [-0.15, -0.1) is 0 Å². The molecule has 5 rings (SSSR count). The summed E-state index contributed by atoms with van der Waals surface area (Å²) in [6, 6.07) is 8.40. The van der Waals surface area contributed by atoms with Crippen molar-refractivity contribution in [2.45, 2.75) is 38.1 Å². The van der Waals surface area contributed by atoms with E-state index in [4.69, 9.17) is 0 Å². The largest absolute Gasteiger partial charge is 0.337 e. The number of unbranched alkanes of at least 4 members (excludes halogenated alkanes) is 1. The summed E-state index contributed by atoms with van der Waals surface area (Å²) >= 11 is 0. The zero-order valence-electron chi connectivity index (χ0n) is 15.2. The van der Waals surface area contributed by atoms with Crippen LogP contribution in [0.4, 0.5) is 0 Å². The number of benzene rings is 1. The number of hydrogen-bond acceptors (Lipinski definition) is 3. The predicted molar refractivity (Wildman–Crippen MR) is 104 cm³/mol. The zero-order chi connectivity index (χ0) is 18.4. The molecule has 0 saturated heterocycles. The Morgan fingerprint density at radius 3 is 2.89 bits per heavy atom. The molecule has 0 fully saturated rings. The molecule has 1 unspecified atom stereocenters. The summed E-state index contributed by atoms with van der Waals surface area (Å²) in [5, 5.41) is 0. The van der Waals surface area contributed by atoms with Crippen LogP contribution in [-0.2, 0) is 12.0 Å². The first-order chi connectivity index (χ1) is 13.2. The van der Waals surface area contributed by atoms with Crippen molar-refractivity contribution in [3.05, 3.63) is 77.0 Å². The van der Waals surface area contributed by atoms with E-state index in [0.717, 1.165) is 42.8 Å².